The number of carbonyl (C=O) groups excluding carboxylic acids is 2. The molecule has 2 atom stereocenters. The molecular formula is C33H31N3O5S. The molecule has 0 radical (unpaired) electrons. The molecule has 0 spiro atoms. The molecule has 0 unspecified atom stereocenters. The van der Waals surface area contributed by atoms with Gasteiger partial charge in [-0.3, -0.25) is 13.9 Å². The van der Waals surface area contributed by atoms with Crippen molar-refractivity contribution >= 4 is 33.2 Å². The average molecular weight is 582 g/mol. The largest absolute Gasteiger partial charge is 0.477 e. The van der Waals surface area contributed by atoms with E-state index >= 15 is 0 Å². The molecule has 0 saturated heterocycles. The summed E-state index contributed by atoms with van der Waals surface area (Å²) >= 11 is 0. The monoisotopic (exact) mass is 581 g/mol. The molecule has 0 fully saturated rings. The van der Waals surface area contributed by atoms with Crippen LogP contribution in [0, 0.1) is 0 Å². The van der Waals surface area contributed by atoms with Gasteiger partial charge in [-0.25, -0.2) is 8.42 Å². The maximum Gasteiger partial charge on any atom is 0.264 e. The second-order valence-corrected chi connectivity index (χ2v) is 12.3. The van der Waals surface area contributed by atoms with Crippen LogP contribution in [0.15, 0.2) is 108 Å². The zero-order chi connectivity index (χ0) is 29.3. The van der Waals surface area contributed by atoms with E-state index in [9.17, 15) is 18.0 Å². The smallest absolute Gasteiger partial charge is 0.264 e. The number of fused-ring (bicyclic) bond motifs is 2. The summed E-state index contributed by atoms with van der Waals surface area (Å²) in [7, 11) is -3.76. The van der Waals surface area contributed by atoms with Gasteiger partial charge in [0.25, 0.3) is 21.8 Å². The molecule has 0 saturated carbocycles. The summed E-state index contributed by atoms with van der Waals surface area (Å²) in [4.78, 5) is 28.8. The molecule has 1 N–H and O–H groups in total. The van der Waals surface area contributed by atoms with Gasteiger partial charge < -0.3 is 15.0 Å². The second-order valence-electron chi connectivity index (χ2n) is 10.5. The molecule has 2 amide bonds. The van der Waals surface area contributed by atoms with Crippen LogP contribution in [0.3, 0.4) is 0 Å². The van der Waals surface area contributed by atoms with E-state index in [0.717, 1.165) is 11.1 Å². The van der Waals surface area contributed by atoms with Crippen LogP contribution in [0.4, 0.5) is 11.4 Å². The maximum atomic E-state index is 13.9. The van der Waals surface area contributed by atoms with Crippen LogP contribution in [0.1, 0.15) is 28.4 Å². The number of amides is 2. The number of carbonyl (C=O) groups is 2. The van der Waals surface area contributed by atoms with Crippen LogP contribution in [0.2, 0.25) is 0 Å². The summed E-state index contributed by atoms with van der Waals surface area (Å²) in [5.74, 6) is -0.120. The van der Waals surface area contributed by atoms with Gasteiger partial charge in [-0.1, -0.05) is 60.7 Å². The Balaban J connectivity index is 1.22. The van der Waals surface area contributed by atoms with Crippen molar-refractivity contribution in [3.05, 3.63) is 120 Å². The van der Waals surface area contributed by atoms with E-state index in [1.165, 1.54) is 4.31 Å². The van der Waals surface area contributed by atoms with Crippen molar-refractivity contribution in [2.45, 2.75) is 36.8 Å². The minimum absolute atomic E-state index is 0.0506. The minimum atomic E-state index is -3.76. The summed E-state index contributed by atoms with van der Waals surface area (Å²) in [6, 6.07) is 30.2. The lowest BCUT2D eigenvalue weighted by Gasteiger charge is -2.34. The SMILES string of the molecule is C[C@@H]1Cc2cc(C(=O)N3C[C@@H](C(=O)NCCc4ccccc4)Oc4ccccc43)ccc2N1S(=O)(=O)c1ccccc1. The van der Waals surface area contributed by atoms with Crippen LogP contribution in [0.5, 0.6) is 5.75 Å². The highest BCUT2D eigenvalue weighted by molar-refractivity contribution is 7.92. The van der Waals surface area contributed by atoms with Crippen molar-refractivity contribution in [1.82, 2.24) is 5.32 Å². The normalized spacial score (nSPS) is 17.6. The Kier molecular flexibility index (Phi) is 7.43. The molecule has 0 aromatic heterocycles. The van der Waals surface area contributed by atoms with Crippen molar-refractivity contribution in [3.8, 4) is 5.75 Å². The maximum absolute atomic E-state index is 13.9. The summed E-state index contributed by atoms with van der Waals surface area (Å²) < 4.78 is 34.4. The summed E-state index contributed by atoms with van der Waals surface area (Å²) in [5, 5.41) is 2.94. The van der Waals surface area contributed by atoms with Crippen LogP contribution in [-0.4, -0.2) is 45.5 Å². The second kappa shape index (κ2) is 11.3. The van der Waals surface area contributed by atoms with Crippen molar-refractivity contribution in [3.63, 3.8) is 0 Å². The lowest BCUT2D eigenvalue weighted by molar-refractivity contribution is -0.127. The summed E-state index contributed by atoms with van der Waals surface area (Å²) in [5.41, 5.74) is 3.47. The van der Waals surface area contributed by atoms with Gasteiger partial charge >= 0.3 is 0 Å². The Morgan fingerprint density at radius 1 is 0.881 bits per heavy atom. The van der Waals surface area contributed by atoms with Crippen LogP contribution in [0.25, 0.3) is 0 Å². The molecule has 42 heavy (non-hydrogen) atoms. The molecular weight excluding hydrogens is 550 g/mol. The van der Waals surface area contributed by atoms with E-state index in [1.54, 1.807) is 71.6 Å². The number of benzene rings is 4. The van der Waals surface area contributed by atoms with E-state index in [-0.39, 0.29) is 29.3 Å². The predicted octanol–water partition coefficient (Wildman–Crippen LogP) is 4.59. The molecule has 4 aromatic rings. The van der Waals surface area contributed by atoms with E-state index in [2.05, 4.69) is 5.32 Å². The highest BCUT2D eigenvalue weighted by Crippen LogP contribution is 2.39. The fourth-order valence-electron chi connectivity index (χ4n) is 5.62. The number of para-hydroxylation sites is 2. The third-order valence-electron chi connectivity index (χ3n) is 7.65. The first-order chi connectivity index (χ1) is 20.3. The molecule has 8 nitrogen and oxygen atoms in total. The quantitative estimate of drug-likeness (QED) is 0.344. The zero-order valence-electron chi connectivity index (χ0n) is 23.1. The first kappa shape index (κ1) is 27.5. The fourth-order valence-corrected chi connectivity index (χ4v) is 7.33. The molecule has 2 aliphatic heterocycles. The number of nitrogens with zero attached hydrogens (tertiary/aromatic N) is 2. The van der Waals surface area contributed by atoms with E-state index in [4.69, 9.17) is 4.74 Å². The van der Waals surface area contributed by atoms with Gasteiger partial charge in [-0.2, -0.15) is 0 Å². The van der Waals surface area contributed by atoms with Gasteiger partial charge in [0.1, 0.15) is 5.75 Å². The first-order valence-electron chi connectivity index (χ1n) is 13.9. The Bertz CT molecular complexity index is 1730. The van der Waals surface area contributed by atoms with Crippen LogP contribution in [-0.2, 0) is 27.7 Å². The van der Waals surface area contributed by atoms with Crippen LogP contribution < -0.4 is 19.3 Å². The van der Waals surface area contributed by atoms with Crippen molar-refractivity contribution in [2.24, 2.45) is 0 Å². The molecule has 6 rings (SSSR count). The molecule has 4 aromatic carbocycles. The van der Waals surface area contributed by atoms with Gasteiger partial charge in [-0.05, 0) is 73.4 Å². The standard InChI is InChI=1S/C33H31N3O5S/c1-23-20-26-21-25(16-17-28(26)36(23)42(39,40)27-12-6-3-7-13-27)33(38)35-22-31(41-30-15-9-8-14-29(30)35)32(37)34-19-18-24-10-4-2-5-11-24/h2-17,21,23,31H,18-20,22H2,1H3,(H,34,37)/t23-,31+/m1/s1. The van der Waals surface area contributed by atoms with Gasteiger partial charge in [0.15, 0.2) is 6.10 Å². The molecule has 9 heteroatoms. The Morgan fingerprint density at radius 2 is 1.57 bits per heavy atom. The Labute approximate surface area is 245 Å². The third-order valence-corrected chi connectivity index (χ3v) is 9.59. The zero-order valence-corrected chi connectivity index (χ0v) is 24.0. The Hall–Kier alpha value is -4.63. The predicted molar refractivity (Wildman–Crippen MR) is 161 cm³/mol. The highest BCUT2D eigenvalue weighted by Gasteiger charge is 2.38. The van der Waals surface area contributed by atoms with Crippen molar-refractivity contribution < 1.29 is 22.7 Å². The van der Waals surface area contributed by atoms with E-state index in [0.29, 0.717) is 42.1 Å². The van der Waals surface area contributed by atoms with E-state index < -0.39 is 16.1 Å². The number of hydrogen-bond donors (Lipinski definition) is 1. The number of nitrogens with one attached hydrogen (secondary N) is 1. The molecule has 2 aliphatic rings. The average Bonchev–Trinajstić information content (AvgIpc) is 3.36. The minimum Gasteiger partial charge on any atom is -0.477 e. The lowest BCUT2D eigenvalue weighted by Crippen LogP contribution is -2.51. The fraction of sp³-hybridized carbons (Fsp3) is 0.212. The molecule has 214 valence electrons. The van der Waals surface area contributed by atoms with Crippen LogP contribution >= 0.6 is 0 Å². The summed E-state index contributed by atoms with van der Waals surface area (Å²) in [6.45, 7) is 2.36. The lowest BCUT2D eigenvalue weighted by atomic mass is 10.0. The van der Waals surface area contributed by atoms with Gasteiger partial charge in [-0.15, -0.1) is 0 Å². The van der Waals surface area contributed by atoms with Crippen molar-refractivity contribution in [1.29, 1.82) is 0 Å². The number of anilines is 2. The number of ether oxygens (including phenoxy) is 1. The Morgan fingerprint density at radius 3 is 2.33 bits per heavy atom. The number of sulfonamides is 1. The summed E-state index contributed by atoms with van der Waals surface area (Å²) in [6.07, 6.45) is 0.290. The van der Waals surface area contributed by atoms with Gasteiger partial charge in [0.2, 0.25) is 0 Å². The van der Waals surface area contributed by atoms with Gasteiger partial charge in [0, 0.05) is 18.2 Å². The molecule has 0 aliphatic carbocycles. The first-order valence-corrected chi connectivity index (χ1v) is 15.4. The van der Waals surface area contributed by atoms with Gasteiger partial charge in [0.05, 0.1) is 22.8 Å². The molecule has 2 heterocycles. The highest BCUT2D eigenvalue weighted by atomic mass is 32.2. The number of rotatable bonds is 7. The number of hydrogen-bond acceptors (Lipinski definition) is 5. The van der Waals surface area contributed by atoms with E-state index in [1.807, 2.05) is 43.3 Å². The third kappa shape index (κ3) is 5.23. The van der Waals surface area contributed by atoms with Crippen molar-refractivity contribution in [2.75, 3.05) is 22.3 Å². The molecule has 0 bridgehead atoms. The topological polar surface area (TPSA) is 96.0 Å².